The molecule has 1 aromatic heterocycles. The molecule has 2 amide bonds. The van der Waals surface area contributed by atoms with E-state index in [1.807, 2.05) is 81.4 Å². The molecule has 4 N–H and O–H groups in total. The molecule has 0 aliphatic carbocycles. The Morgan fingerprint density at radius 3 is 2.10 bits per heavy atom. The second kappa shape index (κ2) is 20.2. The van der Waals surface area contributed by atoms with Crippen LogP contribution in [-0.4, -0.2) is 93.7 Å². The van der Waals surface area contributed by atoms with Gasteiger partial charge in [0, 0.05) is 23.5 Å². The molecule has 0 unspecified atom stereocenters. The molecule has 4 aromatic rings. The van der Waals surface area contributed by atoms with Crippen LogP contribution >= 0.6 is 11.3 Å². The molecule has 0 bridgehead atoms. The number of carboxylic acid groups (broad SMARTS) is 1. The monoisotopic (exact) mass is 856 g/mol. The third-order valence-electron chi connectivity index (χ3n) is 8.73. The summed E-state index contributed by atoms with van der Waals surface area (Å²) in [5, 5.41) is 16.7. The maximum atomic E-state index is 14.0. The van der Waals surface area contributed by atoms with E-state index >= 15 is 0 Å². The number of hydrogen-bond donors (Lipinski definition) is 3. The minimum absolute atomic E-state index is 0.0687. The molecule has 1 aliphatic rings. The Kier molecular flexibility index (Phi) is 15.1. The number of aliphatic carboxylic acids is 1. The number of aryl methyl sites for hydroxylation is 1. The predicted octanol–water partition coefficient (Wildman–Crippen LogP) is 7.49. The number of nitrogens with one attached hydrogen (secondary N) is 1. The molecule has 5 rings (SSSR count). The number of amidine groups is 1. The minimum atomic E-state index is -1.58. The van der Waals surface area contributed by atoms with Gasteiger partial charge in [-0.05, 0) is 96.7 Å². The first-order valence-electron chi connectivity index (χ1n) is 19.6. The number of thiazole rings is 1. The molecule has 324 valence electrons. The van der Waals surface area contributed by atoms with E-state index in [4.69, 9.17) is 29.5 Å². The lowest BCUT2D eigenvalue weighted by atomic mass is 10.0. The van der Waals surface area contributed by atoms with Crippen molar-refractivity contribution < 1.29 is 48.1 Å². The van der Waals surface area contributed by atoms with E-state index in [9.17, 15) is 24.3 Å². The Labute approximate surface area is 358 Å². The number of aliphatic imine (C=N–C) groups is 1. The maximum absolute atomic E-state index is 14.0. The zero-order valence-corrected chi connectivity index (χ0v) is 36.1. The summed E-state index contributed by atoms with van der Waals surface area (Å²) in [7, 11) is 0. The Morgan fingerprint density at radius 2 is 1.52 bits per heavy atom. The number of anilines is 1. The molecule has 1 fully saturated rings. The second-order valence-corrected chi connectivity index (χ2v) is 17.3. The molecule has 1 aliphatic heterocycles. The number of hydrogen-bond acceptors (Lipinski definition) is 13. The van der Waals surface area contributed by atoms with Crippen molar-refractivity contribution in [3.63, 3.8) is 0 Å². The van der Waals surface area contributed by atoms with Crippen molar-refractivity contribution >= 4 is 52.1 Å². The Hall–Kier alpha value is -6.49. The number of likely N-dealkylation sites (tertiary alicyclic amines) is 1. The van der Waals surface area contributed by atoms with E-state index in [2.05, 4.69) is 20.4 Å². The molecule has 1 saturated heterocycles. The summed E-state index contributed by atoms with van der Waals surface area (Å²) < 4.78 is 22.9. The lowest BCUT2D eigenvalue weighted by Crippen LogP contribution is -2.44. The summed E-state index contributed by atoms with van der Waals surface area (Å²) in [4.78, 5) is 68.3. The summed E-state index contributed by atoms with van der Waals surface area (Å²) >= 11 is 1.00. The van der Waals surface area contributed by atoms with Crippen molar-refractivity contribution in [2.24, 2.45) is 15.9 Å². The number of oxime groups is 1. The molecule has 0 saturated carbocycles. The molecule has 2 atom stereocenters. The molecular weight excluding hydrogens is 805 g/mol. The number of carboxylic acids is 1. The fraction of sp³-hybridized carbons (Fsp3) is 0.386. The van der Waals surface area contributed by atoms with Gasteiger partial charge in [-0.25, -0.2) is 24.2 Å². The van der Waals surface area contributed by atoms with Crippen LogP contribution in [0.1, 0.15) is 87.7 Å². The van der Waals surface area contributed by atoms with Gasteiger partial charge in [-0.1, -0.05) is 65.8 Å². The van der Waals surface area contributed by atoms with E-state index in [-0.39, 0.29) is 28.8 Å². The van der Waals surface area contributed by atoms with Crippen LogP contribution in [0.3, 0.4) is 0 Å². The standard InChI is InChI=1S/C44H52N6O10S/c1-27-34(47-40(61-27)48-41(54)58-43(2,3)4)35(38(51)52)49-60-33(39(53)57-36(28-15-10-8-11-16-28)29-17-12-9-13-18-29)26-56-32-22-20-30(21-23-32)37(45)46-31-19-14-24-50(25-31)42(55)59-44(5,6)7/h8-13,15-18,20-23,31,33,36H,14,19,24-26H2,1-7H3,(H2,45,46)(H,51,52)(H,47,48,54)/b49-35-/t31-,33-/m0/s1. The molecule has 3 aromatic carbocycles. The number of rotatable bonds is 14. The van der Waals surface area contributed by atoms with Crippen LogP contribution in [0.5, 0.6) is 5.75 Å². The van der Waals surface area contributed by atoms with Crippen molar-refractivity contribution in [3.05, 3.63) is 112 Å². The van der Waals surface area contributed by atoms with Crippen LogP contribution in [0, 0.1) is 6.92 Å². The van der Waals surface area contributed by atoms with E-state index in [0.29, 0.717) is 40.4 Å². The third-order valence-corrected chi connectivity index (χ3v) is 9.61. The van der Waals surface area contributed by atoms with Crippen LogP contribution in [0.4, 0.5) is 14.7 Å². The highest BCUT2D eigenvalue weighted by molar-refractivity contribution is 7.16. The topological polar surface area (TPSA) is 214 Å². The number of amides is 2. The van der Waals surface area contributed by atoms with Crippen molar-refractivity contribution in [3.8, 4) is 5.75 Å². The molecule has 0 spiro atoms. The van der Waals surface area contributed by atoms with Crippen molar-refractivity contribution in [1.82, 2.24) is 9.88 Å². The zero-order chi connectivity index (χ0) is 44.3. The van der Waals surface area contributed by atoms with E-state index < -0.39 is 53.8 Å². The van der Waals surface area contributed by atoms with Gasteiger partial charge in [0.15, 0.2) is 11.2 Å². The van der Waals surface area contributed by atoms with Gasteiger partial charge in [-0.2, -0.15) is 0 Å². The number of benzene rings is 3. The Bertz CT molecular complexity index is 2160. The van der Waals surface area contributed by atoms with E-state index in [1.165, 1.54) is 0 Å². The van der Waals surface area contributed by atoms with Gasteiger partial charge in [-0.15, -0.1) is 11.3 Å². The van der Waals surface area contributed by atoms with Crippen molar-refractivity contribution in [2.45, 2.75) is 90.8 Å². The van der Waals surface area contributed by atoms with Gasteiger partial charge in [-0.3, -0.25) is 10.3 Å². The highest BCUT2D eigenvalue weighted by Crippen LogP contribution is 2.28. The number of carbonyl (C=O) groups excluding carboxylic acids is 3. The number of carbonyl (C=O) groups is 4. The number of nitrogens with zero attached hydrogens (tertiary/aromatic N) is 4. The summed E-state index contributed by atoms with van der Waals surface area (Å²) in [5.41, 5.74) is 6.26. The van der Waals surface area contributed by atoms with E-state index in [1.54, 1.807) is 56.9 Å². The smallest absolute Gasteiger partial charge is 0.413 e. The van der Waals surface area contributed by atoms with Crippen LogP contribution in [0.2, 0.25) is 0 Å². The minimum Gasteiger partial charge on any atom is -0.489 e. The number of ether oxygens (including phenoxy) is 4. The lowest BCUT2D eigenvalue weighted by molar-refractivity contribution is -0.163. The zero-order valence-electron chi connectivity index (χ0n) is 35.2. The van der Waals surface area contributed by atoms with Crippen LogP contribution in [0.15, 0.2) is 95.1 Å². The maximum Gasteiger partial charge on any atom is 0.413 e. The quantitative estimate of drug-likeness (QED) is 0.0370. The first-order chi connectivity index (χ1) is 28.8. The second-order valence-electron chi connectivity index (χ2n) is 16.1. The fourth-order valence-electron chi connectivity index (χ4n) is 6.00. The summed E-state index contributed by atoms with van der Waals surface area (Å²) in [6.45, 7) is 12.7. The number of piperidine rings is 1. The van der Waals surface area contributed by atoms with Crippen LogP contribution < -0.4 is 15.8 Å². The SMILES string of the molecule is Cc1sc(NC(=O)OC(C)(C)C)nc1/C(=N/O[C@@H](COc1ccc(C(N)=N[C@H]2CCCN(C(=O)OC(C)(C)C)C2)cc1)C(=O)OC(c1ccccc1)c1ccccc1)C(=O)O. The molecule has 16 nitrogen and oxygen atoms in total. The first-order valence-corrected chi connectivity index (χ1v) is 20.5. The molecule has 0 radical (unpaired) electrons. The molecule has 61 heavy (non-hydrogen) atoms. The number of nitrogens with two attached hydrogens (primary N) is 1. The highest BCUT2D eigenvalue weighted by Gasteiger charge is 2.31. The Morgan fingerprint density at radius 1 is 0.918 bits per heavy atom. The van der Waals surface area contributed by atoms with Crippen molar-refractivity contribution in [2.75, 3.05) is 25.0 Å². The summed E-state index contributed by atoms with van der Waals surface area (Å²) in [6.07, 6.45) is -2.08. The molecule has 17 heteroatoms. The normalized spacial score (nSPS) is 15.4. The average Bonchev–Trinajstić information content (AvgIpc) is 3.55. The summed E-state index contributed by atoms with van der Waals surface area (Å²) in [6, 6.07) is 24.6. The Balaban J connectivity index is 1.36. The van der Waals surface area contributed by atoms with Gasteiger partial charge in [0.2, 0.25) is 5.71 Å². The number of esters is 1. The van der Waals surface area contributed by atoms with Crippen molar-refractivity contribution in [1.29, 1.82) is 0 Å². The van der Waals surface area contributed by atoms with Gasteiger partial charge in [0.25, 0.3) is 6.10 Å². The van der Waals surface area contributed by atoms with Gasteiger partial charge in [0.1, 0.15) is 35.1 Å². The largest absolute Gasteiger partial charge is 0.489 e. The van der Waals surface area contributed by atoms with Gasteiger partial charge < -0.3 is 39.5 Å². The first kappa shape index (κ1) is 45.6. The van der Waals surface area contributed by atoms with Crippen LogP contribution in [-0.2, 0) is 28.6 Å². The van der Waals surface area contributed by atoms with E-state index in [0.717, 1.165) is 24.2 Å². The lowest BCUT2D eigenvalue weighted by Gasteiger charge is -2.32. The van der Waals surface area contributed by atoms with Gasteiger partial charge in [0.05, 0.1) is 6.04 Å². The third kappa shape index (κ3) is 13.8. The summed E-state index contributed by atoms with van der Waals surface area (Å²) in [5.74, 6) is -1.80. The predicted molar refractivity (Wildman–Crippen MR) is 230 cm³/mol. The highest BCUT2D eigenvalue weighted by atomic mass is 32.1. The fourth-order valence-corrected chi connectivity index (χ4v) is 6.80. The average molecular weight is 857 g/mol. The van der Waals surface area contributed by atoms with Crippen LogP contribution in [0.25, 0.3) is 0 Å². The van der Waals surface area contributed by atoms with Gasteiger partial charge >= 0.3 is 24.1 Å². The molecular formula is C44H52N6O10S. The molecule has 2 heterocycles. The number of aromatic nitrogens is 1.